The van der Waals surface area contributed by atoms with Gasteiger partial charge in [0.2, 0.25) is 0 Å². The Balaban J connectivity index is 2.11. The third kappa shape index (κ3) is 6.08. The van der Waals surface area contributed by atoms with Gasteiger partial charge in [0.05, 0.1) is 23.6 Å². The minimum absolute atomic E-state index is 0.522. The Kier molecular flexibility index (Phi) is 9.10. The van der Waals surface area contributed by atoms with Crippen molar-refractivity contribution >= 4 is 21.7 Å². The maximum absolute atomic E-state index is 12.5. The Morgan fingerprint density at radius 3 is 2.50 bits per heavy atom. The van der Waals surface area contributed by atoms with E-state index in [1.807, 2.05) is 18.2 Å². The Hall–Kier alpha value is -1.42. The van der Waals surface area contributed by atoms with Gasteiger partial charge in [-0.3, -0.25) is 9.19 Å². The number of pyridine rings is 1. The predicted molar refractivity (Wildman–Crippen MR) is 112 cm³/mol. The molecular formula is C22H33NO2S. The molecule has 0 radical (unpaired) electrons. The second-order valence-electron chi connectivity index (χ2n) is 6.93. The molecule has 1 atom stereocenters. The smallest absolute Gasteiger partial charge is 0.133 e. The van der Waals surface area contributed by atoms with Crippen molar-refractivity contribution in [1.82, 2.24) is 4.98 Å². The molecule has 1 aromatic heterocycles. The minimum atomic E-state index is -0.863. The molecule has 0 aliphatic carbocycles. The number of hydrogen-bond donors (Lipinski definition) is 0. The molecule has 1 heterocycles. The first-order valence-electron chi connectivity index (χ1n) is 10.0. The monoisotopic (exact) mass is 375 g/mol. The van der Waals surface area contributed by atoms with Gasteiger partial charge in [-0.05, 0) is 31.9 Å². The summed E-state index contributed by atoms with van der Waals surface area (Å²) in [6.07, 6.45) is 8.12. The molecule has 3 nitrogen and oxygen atoms in total. The molecule has 0 bridgehead atoms. The average molecular weight is 376 g/mol. The fourth-order valence-electron chi connectivity index (χ4n) is 3.06. The Morgan fingerprint density at radius 2 is 1.73 bits per heavy atom. The number of aromatic nitrogens is 1. The third-order valence-corrected chi connectivity index (χ3v) is 6.03. The van der Waals surface area contributed by atoms with Crippen molar-refractivity contribution in [2.24, 2.45) is 0 Å². The highest BCUT2D eigenvalue weighted by atomic mass is 32.2. The van der Waals surface area contributed by atoms with E-state index in [0.29, 0.717) is 12.4 Å². The summed E-state index contributed by atoms with van der Waals surface area (Å²) in [5, 5.41) is 1.05. The van der Waals surface area contributed by atoms with E-state index in [4.69, 9.17) is 9.72 Å². The van der Waals surface area contributed by atoms with Crippen LogP contribution in [-0.4, -0.2) is 21.6 Å². The van der Waals surface area contributed by atoms with E-state index in [0.717, 1.165) is 52.9 Å². The third-order valence-electron chi connectivity index (χ3n) is 4.70. The van der Waals surface area contributed by atoms with Crippen LogP contribution < -0.4 is 4.74 Å². The van der Waals surface area contributed by atoms with Crippen LogP contribution in [0.2, 0.25) is 0 Å². The fraction of sp³-hybridized carbons (Fsp3) is 0.591. The molecular weight excluding hydrogens is 342 g/mol. The normalized spacial score (nSPS) is 12.4. The first-order chi connectivity index (χ1) is 12.7. The van der Waals surface area contributed by atoms with Crippen LogP contribution in [0.25, 0.3) is 10.9 Å². The van der Waals surface area contributed by atoms with Gasteiger partial charge in [0, 0.05) is 27.5 Å². The molecule has 0 saturated heterocycles. The molecule has 0 aliphatic heterocycles. The molecule has 0 fully saturated rings. The van der Waals surface area contributed by atoms with Gasteiger partial charge in [-0.25, -0.2) is 0 Å². The topological polar surface area (TPSA) is 39.2 Å². The van der Waals surface area contributed by atoms with Crippen LogP contribution in [0.1, 0.15) is 70.1 Å². The van der Waals surface area contributed by atoms with E-state index in [1.165, 1.54) is 25.7 Å². The van der Waals surface area contributed by atoms with Crippen molar-refractivity contribution in [1.29, 1.82) is 0 Å². The summed E-state index contributed by atoms with van der Waals surface area (Å²) in [4.78, 5) is 4.79. The van der Waals surface area contributed by atoms with Crippen molar-refractivity contribution in [2.45, 2.75) is 71.5 Å². The van der Waals surface area contributed by atoms with E-state index < -0.39 is 10.8 Å². The molecule has 144 valence electrons. The SMILES string of the molecule is CCCCCCCS(=O)Cc1nc2ccccc2c(OCCCC)c1C. The van der Waals surface area contributed by atoms with E-state index in [2.05, 4.69) is 26.8 Å². The van der Waals surface area contributed by atoms with Gasteiger partial charge in [-0.2, -0.15) is 0 Å². The number of rotatable bonds is 12. The minimum Gasteiger partial charge on any atom is -0.493 e. The van der Waals surface area contributed by atoms with Crippen molar-refractivity contribution in [3.63, 3.8) is 0 Å². The van der Waals surface area contributed by atoms with Gasteiger partial charge in [-0.15, -0.1) is 0 Å². The number of fused-ring (bicyclic) bond motifs is 1. The largest absolute Gasteiger partial charge is 0.493 e. The van der Waals surface area contributed by atoms with Crippen LogP contribution in [-0.2, 0) is 16.6 Å². The van der Waals surface area contributed by atoms with Gasteiger partial charge in [0.1, 0.15) is 5.75 Å². The van der Waals surface area contributed by atoms with Gasteiger partial charge in [0.15, 0.2) is 0 Å². The highest BCUT2D eigenvalue weighted by Crippen LogP contribution is 2.31. The zero-order valence-electron chi connectivity index (χ0n) is 16.6. The summed E-state index contributed by atoms with van der Waals surface area (Å²) in [6.45, 7) is 7.14. The molecule has 1 aromatic carbocycles. The second kappa shape index (κ2) is 11.3. The van der Waals surface area contributed by atoms with Crippen molar-refractivity contribution in [2.75, 3.05) is 12.4 Å². The Morgan fingerprint density at radius 1 is 1.00 bits per heavy atom. The van der Waals surface area contributed by atoms with Crippen molar-refractivity contribution < 1.29 is 8.95 Å². The molecule has 0 aliphatic rings. The van der Waals surface area contributed by atoms with Gasteiger partial charge in [0.25, 0.3) is 0 Å². The van der Waals surface area contributed by atoms with Crippen LogP contribution in [0.3, 0.4) is 0 Å². The zero-order valence-corrected chi connectivity index (χ0v) is 17.4. The zero-order chi connectivity index (χ0) is 18.8. The van der Waals surface area contributed by atoms with Crippen LogP contribution in [0.4, 0.5) is 0 Å². The van der Waals surface area contributed by atoms with E-state index in [1.54, 1.807) is 0 Å². The maximum atomic E-state index is 12.5. The first kappa shape index (κ1) is 20.9. The molecule has 0 N–H and O–H groups in total. The molecule has 4 heteroatoms. The van der Waals surface area contributed by atoms with Crippen molar-refractivity contribution in [3.05, 3.63) is 35.5 Å². The highest BCUT2D eigenvalue weighted by molar-refractivity contribution is 7.84. The average Bonchev–Trinajstić information content (AvgIpc) is 2.64. The lowest BCUT2D eigenvalue weighted by Crippen LogP contribution is -2.07. The van der Waals surface area contributed by atoms with Crippen LogP contribution in [0.15, 0.2) is 24.3 Å². The lowest BCUT2D eigenvalue weighted by atomic mass is 10.1. The molecule has 2 aromatic rings. The molecule has 1 unspecified atom stereocenters. The summed E-state index contributed by atoms with van der Waals surface area (Å²) >= 11 is 0. The summed E-state index contributed by atoms with van der Waals surface area (Å²) < 4.78 is 18.6. The number of benzene rings is 1. The van der Waals surface area contributed by atoms with Crippen LogP contribution in [0, 0.1) is 6.92 Å². The van der Waals surface area contributed by atoms with Gasteiger partial charge in [-0.1, -0.05) is 58.1 Å². The standard InChI is InChI=1S/C22H33NO2S/c1-4-6-8-9-12-16-26(24)17-21-18(3)22(25-15-7-5-2)19-13-10-11-14-20(19)23-21/h10-11,13-14H,4-9,12,15-17H2,1-3H3. The summed E-state index contributed by atoms with van der Waals surface area (Å²) in [5.41, 5.74) is 2.89. The predicted octanol–water partition coefficient (Wildman–Crippen LogP) is 5.94. The number of hydrogen-bond acceptors (Lipinski definition) is 3. The summed E-state index contributed by atoms with van der Waals surface area (Å²) in [6, 6.07) is 8.09. The number of ether oxygens (including phenoxy) is 1. The molecule has 0 spiro atoms. The molecule has 26 heavy (non-hydrogen) atoms. The van der Waals surface area contributed by atoms with Crippen LogP contribution >= 0.6 is 0 Å². The number of para-hydroxylation sites is 1. The van der Waals surface area contributed by atoms with Crippen molar-refractivity contribution in [3.8, 4) is 5.75 Å². The van der Waals surface area contributed by atoms with E-state index in [-0.39, 0.29) is 0 Å². The Labute approximate surface area is 161 Å². The quantitative estimate of drug-likeness (QED) is 0.431. The van der Waals surface area contributed by atoms with Crippen LogP contribution in [0.5, 0.6) is 5.75 Å². The fourth-order valence-corrected chi connectivity index (χ4v) is 4.32. The summed E-state index contributed by atoms with van der Waals surface area (Å²) in [5.74, 6) is 2.21. The van der Waals surface area contributed by atoms with E-state index >= 15 is 0 Å². The Bertz CT molecular complexity index is 715. The maximum Gasteiger partial charge on any atom is 0.133 e. The molecule has 0 saturated carbocycles. The molecule has 0 amide bonds. The van der Waals surface area contributed by atoms with Gasteiger partial charge < -0.3 is 4.74 Å². The highest BCUT2D eigenvalue weighted by Gasteiger charge is 2.15. The van der Waals surface area contributed by atoms with E-state index in [9.17, 15) is 4.21 Å². The first-order valence-corrected chi connectivity index (χ1v) is 11.5. The summed E-state index contributed by atoms with van der Waals surface area (Å²) in [7, 11) is -0.863. The second-order valence-corrected chi connectivity index (χ2v) is 8.51. The van der Waals surface area contributed by atoms with Gasteiger partial charge >= 0.3 is 0 Å². The molecule has 2 rings (SSSR count). The number of unbranched alkanes of at least 4 members (excludes halogenated alkanes) is 5. The lowest BCUT2D eigenvalue weighted by molar-refractivity contribution is 0.310. The number of nitrogens with zero attached hydrogens (tertiary/aromatic N) is 1. The lowest BCUT2D eigenvalue weighted by Gasteiger charge is -2.15.